The maximum Gasteiger partial charge on any atom is 0.471 e. The molecule has 2 atom stereocenters. The minimum atomic E-state index is -4.76. The highest BCUT2D eigenvalue weighted by atomic mass is 19.4. The van der Waals surface area contributed by atoms with Gasteiger partial charge in [0.1, 0.15) is 0 Å². The molecule has 13 heteroatoms. The van der Waals surface area contributed by atoms with Crippen LogP contribution in [0.1, 0.15) is 29.5 Å². The maximum absolute atomic E-state index is 13.4. The number of nitrogens with one attached hydrogen (secondary N) is 1. The molecule has 1 aliphatic heterocycles. The molecule has 1 fully saturated rings. The SMILES string of the molecule is CN(C(=O)Cc1ccc2ncc(=O)[nH]c2c1)[C@H](CN1CC[C@H](O)C1)c1cccc(-c2noc(C(F)(F)F)n2)c1. The molecule has 5 rings (SSSR count). The largest absolute Gasteiger partial charge is 0.471 e. The van der Waals surface area contributed by atoms with Gasteiger partial charge in [0, 0.05) is 32.2 Å². The first kappa shape index (κ1) is 26.5. The highest BCUT2D eigenvalue weighted by Gasteiger charge is 2.38. The zero-order chi connectivity index (χ0) is 27.7. The Hall–Kier alpha value is -4.10. The number of hydrogen-bond acceptors (Lipinski definition) is 8. The number of aromatic nitrogens is 4. The Bertz CT molecular complexity index is 1550. The van der Waals surface area contributed by atoms with E-state index in [0.717, 1.165) is 0 Å². The summed E-state index contributed by atoms with van der Waals surface area (Å²) in [7, 11) is 1.66. The molecule has 4 aromatic rings. The molecular weight excluding hydrogens is 517 g/mol. The van der Waals surface area contributed by atoms with E-state index in [-0.39, 0.29) is 23.7 Å². The fourth-order valence-corrected chi connectivity index (χ4v) is 4.69. The van der Waals surface area contributed by atoms with E-state index < -0.39 is 24.2 Å². The number of likely N-dealkylation sites (N-methyl/N-ethyl adjacent to an activating group) is 1. The molecule has 2 N–H and O–H groups in total. The number of rotatable bonds is 7. The fraction of sp³-hybridized carbons (Fsp3) is 0.346. The lowest BCUT2D eigenvalue weighted by Crippen LogP contribution is -2.39. The van der Waals surface area contributed by atoms with Gasteiger partial charge in [0.15, 0.2) is 0 Å². The summed E-state index contributed by atoms with van der Waals surface area (Å²) in [5, 5.41) is 13.5. The van der Waals surface area contributed by atoms with E-state index in [9.17, 15) is 27.9 Å². The van der Waals surface area contributed by atoms with E-state index in [1.165, 1.54) is 6.20 Å². The molecule has 1 aliphatic rings. The Morgan fingerprint density at radius 3 is 2.82 bits per heavy atom. The van der Waals surface area contributed by atoms with Crippen LogP contribution in [-0.4, -0.2) is 73.7 Å². The number of carbonyl (C=O) groups excluding carboxylic acids is 1. The zero-order valence-corrected chi connectivity index (χ0v) is 20.9. The van der Waals surface area contributed by atoms with Crippen LogP contribution in [0.5, 0.6) is 0 Å². The van der Waals surface area contributed by atoms with Crippen molar-refractivity contribution in [3.05, 3.63) is 76.0 Å². The van der Waals surface area contributed by atoms with E-state index in [0.29, 0.717) is 53.8 Å². The number of nitrogens with zero attached hydrogens (tertiary/aromatic N) is 5. The number of amides is 1. The van der Waals surface area contributed by atoms with Gasteiger partial charge in [-0.25, -0.2) is 4.98 Å². The number of likely N-dealkylation sites (tertiary alicyclic amines) is 1. The number of aliphatic hydroxyl groups is 1. The summed E-state index contributed by atoms with van der Waals surface area (Å²) in [5.41, 5.74) is 2.42. The van der Waals surface area contributed by atoms with Crippen LogP contribution in [0.3, 0.4) is 0 Å². The predicted molar refractivity (Wildman–Crippen MR) is 133 cm³/mol. The number of aromatic amines is 1. The Balaban J connectivity index is 1.42. The van der Waals surface area contributed by atoms with Gasteiger partial charge in [0.25, 0.3) is 5.56 Å². The van der Waals surface area contributed by atoms with E-state index >= 15 is 0 Å². The van der Waals surface area contributed by atoms with Crippen LogP contribution >= 0.6 is 0 Å². The second-order valence-electron chi connectivity index (χ2n) is 9.54. The fourth-order valence-electron chi connectivity index (χ4n) is 4.69. The van der Waals surface area contributed by atoms with Crippen LogP contribution in [0.15, 0.2) is 58.0 Å². The van der Waals surface area contributed by atoms with Gasteiger partial charge in [-0.05, 0) is 35.7 Å². The quantitative estimate of drug-likeness (QED) is 0.365. The molecule has 2 aromatic heterocycles. The predicted octanol–water partition coefficient (Wildman–Crippen LogP) is 2.80. The van der Waals surface area contributed by atoms with Gasteiger partial charge in [-0.3, -0.25) is 14.5 Å². The van der Waals surface area contributed by atoms with Crippen LogP contribution in [0, 0.1) is 0 Å². The number of aliphatic hydroxyl groups excluding tert-OH is 1. The highest BCUT2D eigenvalue weighted by Crippen LogP contribution is 2.31. The molecule has 2 aromatic carbocycles. The summed E-state index contributed by atoms with van der Waals surface area (Å²) in [6.07, 6.45) is -3.39. The van der Waals surface area contributed by atoms with Crippen LogP contribution in [0.25, 0.3) is 22.4 Å². The van der Waals surface area contributed by atoms with Crippen LogP contribution in [-0.2, 0) is 17.4 Å². The number of benzene rings is 2. The van der Waals surface area contributed by atoms with Crippen molar-refractivity contribution in [2.45, 2.75) is 31.2 Å². The number of carbonyl (C=O) groups is 1. The third-order valence-electron chi connectivity index (χ3n) is 6.73. The topological polar surface area (TPSA) is 128 Å². The first-order valence-electron chi connectivity index (χ1n) is 12.2. The van der Waals surface area contributed by atoms with Crippen molar-refractivity contribution in [3.8, 4) is 11.4 Å². The van der Waals surface area contributed by atoms with Gasteiger partial charge in [-0.1, -0.05) is 29.4 Å². The van der Waals surface area contributed by atoms with Crippen molar-refractivity contribution < 1.29 is 27.6 Å². The third-order valence-corrected chi connectivity index (χ3v) is 6.73. The molecule has 10 nitrogen and oxygen atoms in total. The Labute approximate surface area is 220 Å². The van der Waals surface area contributed by atoms with Gasteiger partial charge in [-0.15, -0.1) is 0 Å². The number of H-pyrrole nitrogens is 1. The van der Waals surface area contributed by atoms with Crippen LogP contribution in [0.4, 0.5) is 13.2 Å². The van der Waals surface area contributed by atoms with Gasteiger partial charge in [0.2, 0.25) is 11.7 Å². The molecule has 39 heavy (non-hydrogen) atoms. The molecular formula is C26H25F3N6O4. The molecule has 0 unspecified atom stereocenters. The van der Waals surface area contributed by atoms with Gasteiger partial charge < -0.3 is 19.5 Å². The van der Waals surface area contributed by atoms with Gasteiger partial charge in [0.05, 0.1) is 35.8 Å². The van der Waals surface area contributed by atoms with E-state index in [2.05, 4.69) is 24.6 Å². The Morgan fingerprint density at radius 2 is 2.10 bits per heavy atom. The van der Waals surface area contributed by atoms with Crippen LogP contribution in [0.2, 0.25) is 0 Å². The molecule has 0 spiro atoms. The van der Waals surface area contributed by atoms with Crippen molar-refractivity contribution in [2.24, 2.45) is 0 Å². The lowest BCUT2D eigenvalue weighted by atomic mass is 10.0. The summed E-state index contributed by atoms with van der Waals surface area (Å²) >= 11 is 0. The first-order chi connectivity index (χ1) is 18.6. The minimum absolute atomic E-state index is 0.0436. The zero-order valence-electron chi connectivity index (χ0n) is 20.9. The summed E-state index contributed by atoms with van der Waals surface area (Å²) in [5.74, 6) is -1.87. The molecule has 204 valence electrons. The normalized spacial score (nSPS) is 17.0. The highest BCUT2D eigenvalue weighted by molar-refractivity contribution is 5.81. The standard InChI is InChI=1S/C26H25F3N6O4/c1-34(23(38)10-15-5-6-19-20(9-15)31-22(37)12-30-19)21(14-35-8-7-18(36)13-35)16-3-2-4-17(11-16)24-32-25(39-33-24)26(27,28)29/h2-6,9,11-12,18,21,36H,7-8,10,13-14H2,1H3,(H,31,37)/t18-,21+/m0/s1. The summed E-state index contributed by atoms with van der Waals surface area (Å²) in [6.45, 7) is 1.49. The lowest BCUT2D eigenvalue weighted by molar-refractivity contribution is -0.159. The van der Waals surface area contributed by atoms with Crippen molar-refractivity contribution in [1.29, 1.82) is 0 Å². The Kier molecular flexibility index (Phi) is 7.19. The number of alkyl halides is 3. The van der Waals surface area contributed by atoms with Crippen molar-refractivity contribution in [3.63, 3.8) is 0 Å². The van der Waals surface area contributed by atoms with Gasteiger partial charge in [-0.2, -0.15) is 18.2 Å². The molecule has 0 bridgehead atoms. The summed E-state index contributed by atoms with van der Waals surface area (Å²) in [4.78, 5) is 39.0. The molecule has 3 heterocycles. The number of hydrogen-bond donors (Lipinski definition) is 2. The van der Waals surface area contributed by atoms with Crippen molar-refractivity contribution in [1.82, 2.24) is 29.9 Å². The molecule has 0 saturated carbocycles. The average molecular weight is 543 g/mol. The van der Waals surface area contributed by atoms with E-state index in [1.54, 1.807) is 54.4 Å². The third kappa shape index (κ3) is 5.99. The van der Waals surface area contributed by atoms with Crippen molar-refractivity contribution in [2.75, 3.05) is 26.7 Å². The van der Waals surface area contributed by atoms with Crippen LogP contribution < -0.4 is 5.56 Å². The average Bonchev–Trinajstić information content (AvgIpc) is 3.56. The second kappa shape index (κ2) is 10.6. The first-order valence-corrected chi connectivity index (χ1v) is 12.2. The van der Waals surface area contributed by atoms with E-state index in [4.69, 9.17) is 0 Å². The smallest absolute Gasteiger partial charge is 0.392 e. The molecule has 1 amide bonds. The number of fused-ring (bicyclic) bond motifs is 1. The number of halogens is 3. The van der Waals surface area contributed by atoms with Crippen molar-refractivity contribution >= 4 is 16.9 Å². The minimum Gasteiger partial charge on any atom is -0.392 e. The summed E-state index contributed by atoms with van der Waals surface area (Å²) in [6, 6.07) is 11.3. The monoisotopic (exact) mass is 542 g/mol. The Morgan fingerprint density at radius 1 is 1.28 bits per heavy atom. The second-order valence-corrected chi connectivity index (χ2v) is 9.54. The number of β-amino-alcohol motifs (C(OH)–C–C–N with tert-alkyl or cyclic N) is 1. The lowest BCUT2D eigenvalue weighted by Gasteiger charge is -2.32. The molecule has 1 saturated heterocycles. The molecule has 0 aliphatic carbocycles. The maximum atomic E-state index is 13.4. The summed E-state index contributed by atoms with van der Waals surface area (Å²) < 4.78 is 43.3. The van der Waals surface area contributed by atoms with Gasteiger partial charge >= 0.3 is 12.1 Å². The molecule has 0 radical (unpaired) electrons. The van der Waals surface area contributed by atoms with E-state index in [1.807, 2.05) is 4.90 Å².